The number of imidazole rings is 1. The van der Waals surface area contributed by atoms with Gasteiger partial charge in [-0.2, -0.15) is 13.2 Å². The maximum Gasteiger partial charge on any atom is 0.424 e. The number of nitrogens with one attached hydrogen (secondary N) is 1. The van der Waals surface area contributed by atoms with Gasteiger partial charge in [-0.05, 0) is 37.6 Å². The first kappa shape index (κ1) is 18.3. The molecule has 2 N–H and O–H groups in total. The van der Waals surface area contributed by atoms with Gasteiger partial charge in [-0.15, -0.1) is 0 Å². The topological polar surface area (TPSA) is 50.1 Å². The van der Waals surface area contributed by atoms with Crippen LogP contribution >= 0.6 is 0 Å². The summed E-state index contributed by atoms with van der Waals surface area (Å²) in [5, 5.41) is 13.4. The molecule has 0 aliphatic heterocycles. The highest BCUT2D eigenvalue weighted by Crippen LogP contribution is 2.40. The minimum atomic E-state index is -4.76. The second-order valence-corrected chi connectivity index (χ2v) is 6.89. The number of aliphatic hydroxyl groups is 1. The molecule has 1 fully saturated rings. The number of aryl methyl sites for hydroxylation is 1. The van der Waals surface area contributed by atoms with Crippen molar-refractivity contribution >= 4 is 0 Å². The lowest BCUT2D eigenvalue weighted by Gasteiger charge is -2.34. The second kappa shape index (κ2) is 6.81. The highest BCUT2D eigenvalue weighted by Gasteiger charge is 2.57. The summed E-state index contributed by atoms with van der Waals surface area (Å²) in [6, 6.07) is 0.222. The van der Waals surface area contributed by atoms with E-state index in [2.05, 4.69) is 24.1 Å². The van der Waals surface area contributed by atoms with E-state index in [9.17, 15) is 18.3 Å². The van der Waals surface area contributed by atoms with Gasteiger partial charge >= 0.3 is 6.18 Å². The zero-order valence-corrected chi connectivity index (χ0v) is 13.9. The zero-order valence-electron chi connectivity index (χ0n) is 13.9. The third-order valence-corrected chi connectivity index (χ3v) is 5.18. The van der Waals surface area contributed by atoms with Gasteiger partial charge in [0.1, 0.15) is 5.82 Å². The highest BCUT2D eigenvalue weighted by atomic mass is 19.4. The number of rotatable bonds is 5. The smallest absolute Gasteiger partial charge is 0.374 e. The van der Waals surface area contributed by atoms with Crippen molar-refractivity contribution in [3.8, 4) is 0 Å². The predicted molar refractivity (Wildman–Crippen MR) is 81.7 cm³/mol. The summed E-state index contributed by atoms with van der Waals surface area (Å²) in [7, 11) is 1.46. The van der Waals surface area contributed by atoms with Crippen LogP contribution < -0.4 is 5.32 Å². The number of hydrogen-bond acceptors (Lipinski definition) is 3. The molecule has 23 heavy (non-hydrogen) atoms. The Kier molecular flexibility index (Phi) is 5.41. The molecule has 4 nitrogen and oxygen atoms in total. The highest BCUT2D eigenvalue weighted by molar-refractivity contribution is 5.08. The van der Waals surface area contributed by atoms with Crippen molar-refractivity contribution in [3.63, 3.8) is 0 Å². The average Bonchev–Trinajstić information content (AvgIpc) is 2.88. The quantitative estimate of drug-likeness (QED) is 0.871. The number of hydrogen-bond donors (Lipinski definition) is 2. The third kappa shape index (κ3) is 3.88. The Morgan fingerprint density at radius 2 is 2.00 bits per heavy atom. The van der Waals surface area contributed by atoms with Crippen LogP contribution in [0.2, 0.25) is 0 Å². The molecule has 1 saturated carbocycles. The molecular weight excluding hydrogens is 307 g/mol. The summed E-state index contributed by atoms with van der Waals surface area (Å²) in [4.78, 5) is 3.71. The van der Waals surface area contributed by atoms with Gasteiger partial charge < -0.3 is 15.0 Å². The van der Waals surface area contributed by atoms with Crippen LogP contribution in [0.5, 0.6) is 0 Å². The first-order valence-electron chi connectivity index (χ1n) is 8.15. The maximum absolute atomic E-state index is 13.4. The molecule has 4 unspecified atom stereocenters. The first-order chi connectivity index (χ1) is 10.6. The van der Waals surface area contributed by atoms with E-state index in [1.165, 1.54) is 24.0 Å². The lowest BCUT2D eigenvalue weighted by molar-refractivity contribution is -0.272. The Balaban J connectivity index is 1.99. The van der Waals surface area contributed by atoms with Crippen LogP contribution in [0.3, 0.4) is 0 Å². The van der Waals surface area contributed by atoms with Crippen LogP contribution in [0.1, 0.15) is 45.4 Å². The van der Waals surface area contributed by atoms with Gasteiger partial charge in [-0.1, -0.05) is 13.8 Å². The number of nitrogens with zero attached hydrogens (tertiary/aromatic N) is 2. The molecule has 1 aliphatic carbocycles. The van der Waals surface area contributed by atoms with Crippen LogP contribution in [0.15, 0.2) is 12.4 Å². The largest absolute Gasteiger partial charge is 0.424 e. The van der Waals surface area contributed by atoms with E-state index in [0.717, 1.165) is 19.3 Å². The molecule has 1 heterocycles. The maximum atomic E-state index is 13.4. The Labute approximate surface area is 135 Å². The zero-order chi connectivity index (χ0) is 17.3. The molecule has 0 saturated heterocycles. The number of aromatic nitrogens is 2. The molecular formula is C16H26F3N3O. The van der Waals surface area contributed by atoms with E-state index in [1.54, 1.807) is 0 Å². The molecule has 0 spiro atoms. The van der Waals surface area contributed by atoms with E-state index < -0.39 is 18.2 Å². The van der Waals surface area contributed by atoms with Gasteiger partial charge in [0.25, 0.3) is 0 Å². The second-order valence-electron chi connectivity index (χ2n) is 6.89. The number of halogens is 3. The molecule has 2 rings (SSSR count). The van der Waals surface area contributed by atoms with Gasteiger partial charge in [-0.25, -0.2) is 4.98 Å². The fourth-order valence-electron chi connectivity index (χ4n) is 3.33. The van der Waals surface area contributed by atoms with Crippen LogP contribution in [0, 0.1) is 11.8 Å². The van der Waals surface area contributed by atoms with Gasteiger partial charge in [0.2, 0.25) is 5.60 Å². The normalized spacial score (nSPS) is 28.6. The molecule has 0 radical (unpaired) electrons. The van der Waals surface area contributed by atoms with Crippen LogP contribution in [0.25, 0.3) is 0 Å². The lowest BCUT2D eigenvalue weighted by atomic mass is 9.79. The minimum absolute atomic E-state index is 0.106. The lowest BCUT2D eigenvalue weighted by Crippen LogP contribution is -2.47. The molecule has 1 aromatic heterocycles. The standard InChI is InChI=1S/C16H26F3N3O/c1-11-4-5-13(10-12(11)2)20-7-6-15(23,16(17,18)19)14-21-8-9-22(14)3/h8-9,11-13,20,23H,4-7,10H2,1-3H3. The van der Waals surface area contributed by atoms with Crippen molar-refractivity contribution in [2.75, 3.05) is 6.54 Å². The van der Waals surface area contributed by atoms with Crippen molar-refractivity contribution in [3.05, 3.63) is 18.2 Å². The first-order valence-corrected chi connectivity index (χ1v) is 8.15. The Bertz CT molecular complexity index is 517. The predicted octanol–water partition coefficient (Wildman–Crippen LogP) is 2.97. The summed E-state index contributed by atoms with van der Waals surface area (Å²) in [5.74, 6) is 0.863. The summed E-state index contributed by atoms with van der Waals surface area (Å²) >= 11 is 0. The van der Waals surface area contributed by atoms with Crippen LogP contribution in [0.4, 0.5) is 13.2 Å². The van der Waals surface area contributed by atoms with Crippen molar-refractivity contribution < 1.29 is 18.3 Å². The van der Waals surface area contributed by atoms with E-state index >= 15 is 0 Å². The fourth-order valence-corrected chi connectivity index (χ4v) is 3.33. The molecule has 4 atom stereocenters. The van der Waals surface area contributed by atoms with E-state index in [4.69, 9.17) is 0 Å². The van der Waals surface area contributed by atoms with Gasteiger partial charge in [0, 0.05) is 31.9 Å². The van der Waals surface area contributed by atoms with Crippen molar-refractivity contribution in [1.82, 2.24) is 14.9 Å². The van der Waals surface area contributed by atoms with Gasteiger partial charge in [0.05, 0.1) is 0 Å². The molecule has 7 heteroatoms. The average molecular weight is 333 g/mol. The number of alkyl halides is 3. The molecule has 1 aromatic rings. The van der Waals surface area contributed by atoms with Gasteiger partial charge in [-0.3, -0.25) is 0 Å². The fraction of sp³-hybridized carbons (Fsp3) is 0.812. The molecule has 132 valence electrons. The van der Waals surface area contributed by atoms with E-state index in [-0.39, 0.29) is 18.4 Å². The van der Waals surface area contributed by atoms with E-state index in [1.807, 2.05) is 0 Å². The van der Waals surface area contributed by atoms with Crippen LogP contribution in [-0.4, -0.2) is 33.4 Å². The van der Waals surface area contributed by atoms with E-state index in [0.29, 0.717) is 11.8 Å². The van der Waals surface area contributed by atoms with Crippen molar-refractivity contribution in [2.45, 2.75) is 57.3 Å². The minimum Gasteiger partial charge on any atom is -0.374 e. The molecule has 0 bridgehead atoms. The Morgan fingerprint density at radius 1 is 1.30 bits per heavy atom. The summed E-state index contributed by atoms with van der Waals surface area (Å²) < 4.78 is 41.4. The van der Waals surface area contributed by atoms with Gasteiger partial charge in [0.15, 0.2) is 0 Å². The Hall–Kier alpha value is -1.08. The molecule has 1 aliphatic rings. The SMILES string of the molecule is CC1CCC(NCCC(O)(c2nccn2C)C(F)(F)F)CC1C. The summed E-state index contributed by atoms with van der Waals surface area (Å²) in [5.41, 5.74) is -2.92. The molecule has 0 amide bonds. The Morgan fingerprint density at radius 3 is 2.52 bits per heavy atom. The molecule has 0 aromatic carbocycles. The van der Waals surface area contributed by atoms with Crippen molar-refractivity contribution in [1.29, 1.82) is 0 Å². The monoisotopic (exact) mass is 333 g/mol. The van der Waals surface area contributed by atoms with Crippen LogP contribution in [-0.2, 0) is 12.6 Å². The summed E-state index contributed by atoms with van der Waals surface area (Å²) in [6.45, 7) is 4.50. The summed E-state index contributed by atoms with van der Waals surface area (Å²) in [6.07, 6.45) is 0.491. The van der Waals surface area contributed by atoms with Crippen molar-refractivity contribution in [2.24, 2.45) is 18.9 Å². The third-order valence-electron chi connectivity index (χ3n) is 5.18.